The molecule has 2 fully saturated rings. The van der Waals surface area contributed by atoms with Crippen LogP contribution in [0.4, 0.5) is 0 Å². The minimum atomic E-state index is 0.379. The number of piperidine rings is 1. The van der Waals surface area contributed by atoms with Gasteiger partial charge in [-0.25, -0.2) is 0 Å². The first-order valence-corrected chi connectivity index (χ1v) is 6.95. The fourth-order valence-electron chi connectivity index (χ4n) is 2.86. The van der Waals surface area contributed by atoms with E-state index in [9.17, 15) is 4.79 Å². The molecule has 3 nitrogen and oxygen atoms in total. The lowest BCUT2D eigenvalue weighted by atomic mass is 9.75. The summed E-state index contributed by atoms with van der Waals surface area (Å²) < 4.78 is 0. The number of carbonyl (C=O) groups is 1. The van der Waals surface area contributed by atoms with Gasteiger partial charge in [-0.1, -0.05) is 20.8 Å². The third-order valence-electron chi connectivity index (χ3n) is 4.40. The van der Waals surface area contributed by atoms with Gasteiger partial charge in [0.25, 0.3) is 0 Å². The van der Waals surface area contributed by atoms with Gasteiger partial charge in [-0.2, -0.15) is 0 Å². The van der Waals surface area contributed by atoms with Gasteiger partial charge in [0.2, 0.25) is 5.91 Å². The van der Waals surface area contributed by atoms with Crippen molar-refractivity contribution in [2.75, 3.05) is 26.2 Å². The topological polar surface area (TPSA) is 32.3 Å². The fourth-order valence-corrected chi connectivity index (χ4v) is 2.86. The van der Waals surface area contributed by atoms with Crippen LogP contribution in [-0.2, 0) is 4.79 Å². The maximum Gasteiger partial charge on any atom is 0.222 e. The number of amides is 1. The lowest BCUT2D eigenvalue weighted by Crippen LogP contribution is -2.47. The van der Waals surface area contributed by atoms with E-state index in [4.69, 9.17) is 0 Å². The van der Waals surface area contributed by atoms with Crippen LogP contribution in [0.1, 0.15) is 40.0 Å². The highest BCUT2D eigenvalue weighted by molar-refractivity contribution is 5.76. The number of rotatable bonds is 2. The first-order valence-electron chi connectivity index (χ1n) is 6.95. The average Bonchev–Trinajstić information content (AvgIpc) is 2.22. The molecule has 0 aromatic heterocycles. The number of nitrogens with one attached hydrogen (secondary N) is 1. The van der Waals surface area contributed by atoms with Crippen molar-refractivity contribution in [3.63, 3.8) is 0 Å². The summed E-state index contributed by atoms with van der Waals surface area (Å²) in [6.45, 7) is 11.0. The molecule has 2 saturated heterocycles. The van der Waals surface area contributed by atoms with Crippen molar-refractivity contribution in [1.29, 1.82) is 0 Å². The number of likely N-dealkylation sites (tertiary alicyclic amines) is 1. The van der Waals surface area contributed by atoms with Crippen molar-refractivity contribution >= 4 is 5.91 Å². The van der Waals surface area contributed by atoms with Gasteiger partial charge in [0.1, 0.15) is 0 Å². The van der Waals surface area contributed by atoms with E-state index in [1.54, 1.807) is 0 Å². The van der Waals surface area contributed by atoms with Crippen molar-refractivity contribution in [2.45, 2.75) is 40.0 Å². The molecule has 0 aromatic carbocycles. The van der Waals surface area contributed by atoms with Crippen LogP contribution in [-0.4, -0.2) is 37.0 Å². The molecule has 0 bridgehead atoms. The van der Waals surface area contributed by atoms with Crippen molar-refractivity contribution in [1.82, 2.24) is 10.2 Å². The van der Waals surface area contributed by atoms with E-state index in [1.165, 1.54) is 12.8 Å². The molecule has 3 heteroatoms. The van der Waals surface area contributed by atoms with Crippen LogP contribution < -0.4 is 5.32 Å². The predicted molar refractivity (Wildman–Crippen MR) is 69.7 cm³/mol. The molecule has 0 radical (unpaired) electrons. The second-order valence-corrected chi connectivity index (χ2v) is 6.75. The summed E-state index contributed by atoms with van der Waals surface area (Å²) in [6.07, 6.45) is 3.11. The molecule has 2 heterocycles. The highest BCUT2D eigenvalue weighted by Crippen LogP contribution is 2.34. The molecule has 1 amide bonds. The molecule has 0 aliphatic carbocycles. The van der Waals surface area contributed by atoms with Crippen LogP contribution in [0.2, 0.25) is 0 Å². The van der Waals surface area contributed by atoms with E-state index in [1.807, 2.05) is 0 Å². The summed E-state index contributed by atoms with van der Waals surface area (Å²) >= 11 is 0. The van der Waals surface area contributed by atoms with E-state index in [0.717, 1.165) is 38.5 Å². The van der Waals surface area contributed by atoms with Crippen LogP contribution >= 0.6 is 0 Å². The number of hydrogen-bond donors (Lipinski definition) is 1. The molecule has 17 heavy (non-hydrogen) atoms. The number of carbonyl (C=O) groups excluding carboxylic acids is 1. The SMILES string of the molecule is CC(C)(C)C1CCN(C(=O)CC2CNC2)CC1. The van der Waals surface area contributed by atoms with Crippen molar-refractivity contribution < 1.29 is 4.79 Å². The lowest BCUT2D eigenvalue weighted by molar-refractivity contribution is -0.134. The Morgan fingerprint density at radius 2 is 1.82 bits per heavy atom. The molecule has 2 rings (SSSR count). The number of nitrogens with zero attached hydrogens (tertiary/aromatic N) is 1. The Labute approximate surface area is 105 Å². The normalized spacial score (nSPS) is 23.6. The standard InChI is InChI=1S/C14H26N2O/c1-14(2,3)12-4-6-16(7-5-12)13(17)8-11-9-15-10-11/h11-12,15H,4-10H2,1-3H3. The smallest absolute Gasteiger partial charge is 0.222 e. The Hall–Kier alpha value is -0.570. The highest BCUT2D eigenvalue weighted by atomic mass is 16.2. The third kappa shape index (κ3) is 3.21. The maximum atomic E-state index is 12.1. The Morgan fingerprint density at radius 1 is 1.24 bits per heavy atom. The fraction of sp³-hybridized carbons (Fsp3) is 0.929. The molecule has 2 aliphatic rings. The molecule has 0 unspecified atom stereocenters. The van der Waals surface area contributed by atoms with Gasteiger partial charge >= 0.3 is 0 Å². The summed E-state index contributed by atoms with van der Waals surface area (Å²) in [6, 6.07) is 0. The maximum absolute atomic E-state index is 12.1. The second-order valence-electron chi connectivity index (χ2n) is 6.75. The predicted octanol–water partition coefficient (Wildman–Crippen LogP) is 1.88. The van der Waals surface area contributed by atoms with Gasteiger partial charge in [-0.05, 0) is 43.2 Å². The van der Waals surface area contributed by atoms with Crippen LogP contribution in [0.25, 0.3) is 0 Å². The summed E-state index contributed by atoms with van der Waals surface area (Å²) in [5.74, 6) is 1.75. The molecule has 0 aromatic rings. The first kappa shape index (κ1) is 12.9. The third-order valence-corrected chi connectivity index (χ3v) is 4.40. The van der Waals surface area contributed by atoms with Crippen LogP contribution in [0.5, 0.6) is 0 Å². The summed E-state index contributed by atoms with van der Waals surface area (Å²) in [5.41, 5.74) is 0.396. The Morgan fingerprint density at radius 3 is 2.24 bits per heavy atom. The van der Waals surface area contributed by atoms with Crippen molar-refractivity contribution in [3.05, 3.63) is 0 Å². The molecular formula is C14H26N2O. The minimum Gasteiger partial charge on any atom is -0.343 e. The zero-order valence-corrected chi connectivity index (χ0v) is 11.5. The van der Waals surface area contributed by atoms with Crippen LogP contribution in [0.15, 0.2) is 0 Å². The van der Waals surface area contributed by atoms with Gasteiger partial charge in [0.15, 0.2) is 0 Å². The molecule has 0 saturated carbocycles. The van der Waals surface area contributed by atoms with E-state index < -0.39 is 0 Å². The molecule has 2 aliphatic heterocycles. The molecule has 98 valence electrons. The minimum absolute atomic E-state index is 0.379. The lowest BCUT2D eigenvalue weighted by Gasteiger charge is -2.39. The highest BCUT2D eigenvalue weighted by Gasteiger charge is 2.31. The molecule has 0 atom stereocenters. The van der Waals surface area contributed by atoms with E-state index in [0.29, 0.717) is 17.2 Å². The number of hydrogen-bond acceptors (Lipinski definition) is 2. The zero-order chi connectivity index (χ0) is 12.5. The van der Waals surface area contributed by atoms with Crippen molar-refractivity contribution in [3.8, 4) is 0 Å². The van der Waals surface area contributed by atoms with Crippen molar-refractivity contribution in [2.24, 2.45) is 17.3 Å². The largest absolute Gasteiger partial charge is 0.343 e. The van der Waals surface area contributed by atoms with Gasteiger partial charge in [0.05, 0.1) is 0 Å². The van der Waals surface area contributed by atoms with E-state index in [2.05, 4.69) is 31.0 Å². The first-order chi connectivity index (χ1) is 7.97. The Balaban J connectivity index is 1.76. The quantitative estimate of drug-likeness (QED) is 0.796. The van der Waals surface area contributed by atoms with Crippen LogP contribution in [0.3, 0.4) is 0 Å². The van der Waals surface area contributed by atoms with E-state index in [-0.39, 0.29) is 0 Å². The summed E-state index contributed by atoms with van der Waals surface area (Å²) in [5, 5.41) is 3.23. The summed E-state index contributed by atoms with van der Waals surface area (Å²) in [4.78, 5) is 14.1. The molecule has 1 N–H and O–H groups in total. The molecule has 0 spiro atoms. The molecular weight excluding hydrogens is 212 g/mol. The summed E-state index contributed by atoms with van der Waals surface area (Å²) in [7, 11) is 0. The van der Waals surface area contributed by atoms with Gasteiger partial charge in [-0.15, -0.1) is 0 Å². The monoisotopic (exact) mass is 238 g/mol. The van der Waals surface area contributed by atoms with Gasteiger partial charge < -0.3 is 10.2 Å². The zero-order valence-electron chi connectivity index (χ0n) is 11.5. The second kappa shape index (κ2) is 4.97. The van der Waals surface area contributed by atoms with E-state index >= 15 is 0 Å². The van der Waals surface area contributed by atoms with Gasteiger partial charge in [-0.3, -0.25) is 4.79 Å². The van der Waals surface area contributed by atoms with Crippen LogP contribution in [0, 0.1) is 17.3 Å². The average molecular weight is 238 g/mol. The van der Waals surface area contributed by atoms with Gasteiger partial charge in [0, 0.05) is 19.5 Å². The Bertz CT molecular complexity index is 270. The Kier molecular flexibility index (Phi) is 3.76.